The number of aromatic amines is 1. The number of anilines is 2. The summed E-state index contributed by atoms with van der Waals surface area (Å²) in [5.74, 6) is 0.0629. The molecule has 0 bridgehead atoms. The number of hydrogen-bond donors (Lipinski definition) is 7. The van der Waals surface area contributed by atoms with Gasteiger partial charge in [0.2, 0.25) is 5.95 Å². The Morgan fingerprint density at radius 3 is 2.62 bits per heavy atom. The molecule has 6 atom stereocenters. The number of rotatable bonds is 11. The summed E-state index contributed by atoms with van der Waals surface area (Å²) in [6.07, 6.45) is 2.80. The number of H-pyrrole nitrogens is 1. The van der Waals surface area contributed by atoms with Crippen molar-refractivity contribution in [1.29, 1.82) is 0 Å². The van der Waals surface area contributed by atoms with Crippen molar-refractivity contribution in [3.05, 3.63) is 29.3 Å². The van der Waals surface area contributed by atoms with Crippen LogP contribution < -0.4 is 17.0 Å². The molecule has 45 heavy (non-hydrogen) atoms. The molecule has 0 aromatic carbocycles. The largest absolute Gasteiger partial charge is 0.472 e. The summed E-state index contributed by atoms with van der Waals surface area (Å²) >= 11 is 5.98. The minimum atomic E-state index is -4.81. The second kappa shape index (κ2) is 12.2. The fraction of sp³-hybridized carbons (Fsp3) is 0.524. The summed E-state index contributed by atoms with van der Waals surface area (Å²) < 4.78 is 38.4. The van der Waals surface area contributed by atoms with Crippen molar-refractivity contribution in [1.82, 2.24) is 39.0 Å². The number of nitrogens with one attached hydrogen (secondary N) is 1. The molecule has 24 heteroatoms. The Balaban J connectivity index is 1.16. The molecule has 1 unspecified atom stereocenters. The highest BCUT2D eigenvalue weighted by molar-refractivity contribution is 8.06. The highest BCUT2D eigenvalue weighted by Crippen LogP contribution is 2.53. The minimum absolute atomic E-state index is 0.0464. The van der Waals surface area contributed by atoms with Gasteiger partial charge in [-0.05, 0) is 24.6 Å². The Bertz CT molecular complexity index is 1890. The molecule has 0 aliphatic carbocycles. The molecule has 2 aliphatic heterocycles. The number of nitrogen functional groups attached to an aromatic ring is 2. The predicted molar refractivity (Wildman–Crippen MR) is 162 cm³/mol. The number of thioether (sulfide) groups is 1. The lowest BCUT2D eigenvalue weighted by molar-refractivity contribution is -0.144. The van der Waals surface area contributed by atoms with E-state index in [1.165, 1.54) is 35.3 Å². The molecule has 244 valence electrons. The fourth-order valence-corrected chi connectivity index (χ4v) is 8.32. The SMILES string of the molecule is Nc1nc2c(ncn2[C@H]2CC[C@@H](COP(=O)(O)O[C@H]3C[C@H](n4cnc5c(N)ncnc54)O[C@]3(CO)COP(O)(O)=S)S2)c(=O)[nH]1. The molecule has 4 aromatic heterocycles. The Hall–Kier alpha value is -2.59. The quantitative estimate of drug-likeness (QED) is 0.100. The summed E-state index contributed by atoms with van der Waals surface area (Å²) in [6.45, 7) is -5.93. The van der Waals surface area contributed by atoms with Gasteiger partial charge in [-0.25, -0.2) is 24.5 Å². The number of phosphoric ester groups is 1. The monoisotopic (exact) mass is 706 g/mol. The van der Waals surface area contributed by atoms with E-state index in [1.807, 2.05) is 0 Å². The maximum Gasteiger partial charge on any atom is 0.472 e. The van der Waals surface area contributed by atoms with E-state index >= 15 is 0 Å². The van der Waals surface area contributed by atoms with Gasteiger partial charge in [0, 0.05) is 11.7 Å². The number of nitrogens with two attached hydrogens (primary N) is 2. The Morgan fingerprint density at radius 2 is 1.87 bits per heavy atom. The summed E-state index contributed by atoms with van der Waals surface area (Å²) in [4.78, 5) is 65.2. The average molecular weight is 707 g/mol. The minimum Gasteiger partial charge on any atom is -0.393 e. The van der Waals surface area contributed by atoms with Gasteiger partial charge in [-0.15, -0.1) is 11.8 Å². The number of ether oxygens (including phenoxy) is 1. The van der Waals surface area contributed by atoms with Gasteiger partial charge in [0.1, 0.15) is 29.8 Å². The first-order valence-corrected chi connectivity index (χ1v) is 18.3. The number of fused-ring (bicyclic) bond motifs is 2. The molecule has 0 amide bonds. The zero-order chi connectivity index (χ0) is 32.1. The third-order valence-electron chi connectivity index (χ3n) is 7.35. The van der Waals surface area contributed by atoms with Crippen LogP contribution in [-0.4, -0.2) is 95.6 Å². The van der Waals surface area contributed by atoms with Gasteiger partial charge < -0.3 is 45.1 Å². The molecular weight excluding hydrogens is 678 g/mol. The number of hydrogen-bond acceptors (Lipinski definition) is 16. The molecule has 6 heterocycles. The van der Waals surface area contributed by atoms with Crippen LogP contribution in [0.15, 0.2) is 23.8 Å². The van der Waals surface area contributed by atoms with Crippen LogP contribution in [-0.2, 0) is 34.7 Å². The summed E-state index contributed by atoms with van der Waals surface area (Å²) in [7, 11) is -4.81. The maximum absolute atomic E-state index is 13.2. The third-order valence-corrected chi connectivity index (χ3v) is 10.7. The van der Waals surface area contributed by atoms with Gasteiger partial charge in [0.25, 0.3) is 5.56 Å². The molecule has 0 saturated carbocycles. The van der Waals surface area contributed by atoms with Crippen molar-refractivity contribution in [3.63, 3.8) is 0 Å². The van der Waals surface area contributed by atoms with E-state index in [1.54, 1.807) is 4.57 Å². The zero-order valence-electron chi connectivity index (χ0n) is 23.0. The first-order valence-electron chi connectivity index (χ1n) is 13.2. The summed E-state index contributed by atoms with van der Waals surface area (Å²) in [5, 5.41) is 9.95. The van der Waals surface area contributed by atoms with E-state index in [2.05, 4.69) is 41.7 Å². The third kappa shape index (κ3) is 6.64. The van der Waals surface area contributed by atoms with Crippen LogP contribution >= 0.6 is 26.3 Å². The van der Waals surface area contributed by atoms with Crippen LogP contribution in [0, 0.1) is 0 Å². The topological polar surface area (TPSA) is 294 Å². The lowest BCUT2D eigenvalue weighted by Gasteiger charge is -2.33. The van der Waals surface area contributed by atoms with Crippen LogP contribution in [0.25, 0.3) is 22.3 Å². The number of imidazole rings is 2. The normalized spacial score (nSPS) is 27.0. The van der Waals surface area contributed by atoms with Crippen molar-refractivity contribution in [3.8, 4) is 0 Å². The van der Waals surface area contributed by atoms with Crippen molar-refractivity contribution in [2.75, 3.05) is 31.3 Å². The van der Waals surface area contributed by atoms with E-state index in [0.29, 0.717) is 18.5 Å². The predicted octanol–water partition coefficient (Wildman–Crippen LogP) is -0.104. The number of aliphatic hydroxyl groups is 1. The van der Waals surface area contributed by atoms with Crippen LogP contribution in [0.4, 0.5) is 11.8 Å². The van der Waals surface area contributed by atoms with Gasteiger partial charge in [-0.2, -0.15) is 4.98 Å². The molecule has 20 nitrogen and oxygen atoms in total. The fourth-order valence-electron chi connectivity index (χ4n) is 5.22. The van der Waals surface area contributed by atoms with Crippen LogP contribution in [0.5, 0.6) is 0 Å². The molecule has 2 saturated heterocycles. The maximum atomic E-state index is 13.2. The van der Waals surface area contributed by atoms with Gasteiger partial charge in [-0.1, -0.05) is 0 Å². The molecule has 9 N–H and O–H groups in total. The highest BCUT2D eigenvalue weighted by Gasteiger charge is 2.54. The molecule has 2 aliphatic rings. The van der Waals surface area contributed by atoms with Gasteiger partial charge in [0.15, 0.2) is 22.6 Å². The number of phosphoric acid groups is 1. The van der Waals surface area contributed by atoms with E-state index in [0.717, 1.165) is 0 Å². The van der Waals surface area contributed by atoms with Crippen molar-refractivity contribution in [2.45, 2.75) is 47.8 Å². The van der Waals surface area contributed by atoms with Gasteiger partial charge in [0.05, 0.1) is 37.8 Å². The van der Waals surface area contributed by atoms with Crippen molar-refractivity contribution in [2.24, 2.45) is 0 Å². The van der Waals surface area contributed by atoms with E-state index in [-0.39, 0.29) is 52.1 Å². The van der Waals surface area contributed by atoms with Crippen LogP contribution in [0.3, 0.4) is 0 Å². The standard InChI is InChI=1S/C21H28N10O10P2S2/c22-16-14-17(25-7-24-16)30(8-26-14)12-3-11(21(5-32,40-12)6-39-43(36,37)44)41-42(34,35)38-4-10-1-2-13(45-10)31-9-27-15-18(31)28-20(23)29-19(15)33/h7-13,32H,1-6H2,(H,34,35)(H2,22,24,25)(H2,36,37,44)(H3,23,28,29,33)/t10-,11-,12+,13+,21+/m0/s1. The smallest absolute Gasteiger partial charge is 0.393 e. The number of aromatic nitrogens is 8. The van der Waals surface area contributed by atoms with Gasteiger partial charge in [-0.3, -0.25) is 23.4 Å². The molecule has 6 rings (SSSR count). The van der Waals surface area contributed by atoms with Crippen molar-refractivity contribution >= 4 is 72.2 Å². The first kappa shape index (κ1) is 32.4. The average Bonchev–Trinajstić information content (AvgIpc) is 3.75. The van der Waals surface area contributed by atoms with E-state index in [9.17, 15) is 29.1 Å². The van der Waals surface area contributed by atoms with Crippen LogP contribution in [0.1, 0.15) is 30.9 Å². The van der Waals surface area contributed by atoms with E-state index < -0.39 is 51.2 Å². The lowest BCUT2D eigenvalue weighted by atomic mass is 9.99. The molecule has 4 aromatic rings. The van der Waals surface area contributed by atoms with Crippen LogP contribution in [0.2, 0.25) is 0 Å². The molecule has 0 spiro atoms. The highest BCUT2D eigenvalue weighted by atomic mass is 32.5. The Morgan fingerprint density at radius 1 is 1.11 bits per heavy atom. The number of nitrogens with zero attached hydrogens (tertiary/aromatic N) is 7. The molecule has 2 fully saturated rings. The zero-order valence-corrected chi connectivity index (χ0v) is 26.4. The Labute approximate surface area is 262 Å². The number of aliphatic hydroxyl groups excluding tert-OH is 1. The first-order chi connectivity index (χ1) is 21.3. The Kier molecular flexibility index (Phi) is 8.78. The second-order valence-corrected chi connectivity index (χ2v) is 15.9. The molecular formula is C21H28N10O10P2S2. The second-order valence-electron chi connectivity index (χ2n) is 10.3. The summed E-state index contributed by atoms with van der Waals surface area (Å²) in [5.41, 5.74) is 10.3. The van der Waals surface area contributed by atoms with E-state index in [4.69, 9.17) is 29.8 Å². The summed E-state index contributed by atoms with van der Waals surface area (Å²) in [6, 6.07) is 0. The lowest BCUT2D eigenvalue weighted by Crippen LogP contribution is -2.48. The van der Waals surface area contributed by atoms with Crippen molar-refractivity contribution < 1.29 is 42.7 Å². The van der Waals surface area contributed by atoms with Gasteiger partial charge >= 0.3 is 14.5 Å². The molecule has 0 radical (unpaired) electrons.